The van der Waals surface area contributed by atoms with E-state index in [1.165, 1.54) is 0 Å². The van der Waals surface area contributed by atoms with Crippen LogP contribution in [0.25, 0.3) is 0 Å². The maximum absolute atomic E-state index is 11.9. The van der Waals surface area contributed by atoms with E-state index in [2.05, 4.69) is 20.8 Å². The quantitative estimate of drug-likeness (QED) is 0.338. The molecule has 1 aromatic rings. The molecular weight excluding hydrogens is 355 g/mol. The maximum atomic E-state index is 11.9. The fraction of sp³-hybridized carbons (Fsp3) is 0.684. The average molecular weight is 391 g/mol. The molecule has 0 spiro atoms. The molecule has 0 saturated heterocycles. The second-order valence-electron chi connectivity index (χ2n) is 7.24. The Bertz CT molecular complexity index is 577. The van der Waals surface area contributed by atoms with Gasteiger partial charge in [-0.25, -0.2) is 0 Å². The van der Waals surface area contributed by atoms with Gasteiger partial charge in [-0.15, -0.1) is 0 Å². The summed E-state index contributed by atoms with van der Waals surface area (Å²) < 4.78 is 39.3. The molecule has 0 heterocycles. The van der Waals surface area contributed by atoms with Gasteiger partial charge in [0.25, 0.3) is 0 Å². The normalized spacial score (nSPS) is 14.2. The molecule has 6 heteroatoms. The Morgan fingerprint density at radius 3 is 1.68 bits per heavy atom. The van der Waals surface area contributed by atoms with Gasteiger partial charge in [0, 0.05) is 0 Å². The van der Waals surface area contributed by atoms with Crippen LogP contribution in [0.3, 0.4) is 0 Å². The first-order valence-corrected chi connectivity index (χ1v) is 13.8. The van der Waals surface area contributed by atoms with E-state index >= 15 is 0 Å². The van der Waals surface area contributed by atoms with Gasteiger partial charge in [0.05, 0.1) is 0 Å². The van der Waals surface area contributed by atoms with Crippen molar-refractivity contribution in [1.82, 2.24) is 0 Å². The monoisotopic (exact) mass is 390 g/mol. The van der Waals surface area contributed by atoms with Gasteiger partial charge in [0.1, 0.15) is 0 Å². The predicted molar refractivity (Wildman–Crippen MR) is 109 cm³/mol. The molecule has 1 N–H and O–H groups in total. The number of unbranched alkanes of at least 4 members (excludes halogenated alkanes) is 3. The van der Waals surface area contributed by atoms with Crippen LogP contribution in [0.5, 0.6) is 0 Å². The van der Waals surface area contributed by atoms with E-state index in [0.717, 1.165) is 62.6 Å². The van der Waals surface area contributed by atoms with Crippen LogP contribution in [0.4, 0.5) is 0 Å². The molecule has 4 nitrogen and oxygen atoms in total. The molecule has 0 aliphatic carbocycles. The summed E-state index contributed by atoms with van der Waals surface area (Å²) in [6.07, 6.45) is 8.64. The van der Waals surface area contributed by atoms with Crippen LogP contribution >= 0.6 is 6.83 Å². The molecule has 0 bridgehead atoms. The number of benzene rings is 1. The van der Waals surface area contributed by atoms with Crippen LogP contribution in [-0.2, 0) is 20.5 Å². The van der Waals surface area contributed by atoms with Gasteiger partial charge in [-0.05, 0) is 0 Å². The molecule has 0 atom stereocenters. The summed E-state index contributed by atoms with van der Waals surface area (Å²) in [4.78, 5) is 0. The molecule has 0 aliphatic rings. The number of hydrogen-bond acceptors (Lipinski definition) is 3. The van der Waals surface area contributed by atoms with Crippen molar-refractivity contribution in [2.45, 2.75) is 65.5 Å². The van der Waals surface area contributed by atoms with Gasteiger partial charge in [0.15, 0.2) is 0 Å². The van der Waals surface area contributed by atoms with E-state index < -0.39 is 17.2 Å². The molecule has 25 heavy (non-hydrogen) atoms. The van der Waals surface area contributed by atoms with Crippen molar-refractivity contribution in [3.05, 3.63) is 35.9 Å². The van der Waals surface area contributed by atoms with E-state index in [9.17, 15) is 13.0 Å². The Morgan fingerprint density at radius 1 is 0.880 bits per heavy atom. The van der Waals surface area contributed by atoms with Gasteiger partial charge in [-0.1, -0.05) is 0 Å². The number of rotatable bonds is 13. The Kier molecular flexibility index (Phi) is 9.03. The second kappa shape index (κ2) is 10.0. The van der Waals surface area contributed by atoms with Crippen LogP contribution in [0.1, 0.15) is 64.9 Å². The van der Waals surface area contributed by atoms with Crippen molar-refractivity contribution in [3.63, 3.8) is 0 Å². The summed E-state index contributed by atoms with van der Waals surface area (Å²) in [5, 5.41) is 0. The summed E-state index contributed by atoms with van der Waals surface area (Å²) in [5.41, 5.74) is 1.10. The summed E-state index contributed by atoms with van der Waals surface area (Å²) in [5.74, 6) is 0. The van der Waals surface area contributed by atoms with Gasteiger partial charge in [0.2, 0.25) is 0 Å². The minimum atomic E-state index is -4.49. The van der Waals surface area contributed by atoms with Crippen LogP contribution in [0.15, 0.2) is 30.3 Å². The van der Waals surface area contributed by atoms with Crippen molar-refractivity contribution >= 4 is 17.2 Å². The van der Waals surface area contributed by atoms with Crippen LogP contribution < -0.4 is 0 Å². The van der Waals surface area contributed by atoms with Crippen molar-refractivity contribution in [3.8, 4) is 0 Å². The molecule has 0 aromatic heterocycles. The molecule has 0 aliphatic heterocycles. The minimum absolute atomic E-state index is 0.631. The third-order valence-corrected chi connectivity index (χ3v) is 12.9. The zero-order valence-electron chi connectivity index (χ0n) is 16.0. The summed E-state index contributed by atoms with van der Waals surface area (Å²) >= 11 is 0. The molecule has 146 valence electrons. The first-order valence-electron chi connectivity index (χ1n) is 9.52. The molecule has 0 amide bonds. The SMILES string of the molecule is CCCCP(CCCC)(CCCC)(Cc1ccccc1)OS(=O)(=O)O. The standard InChI is InChI=1S/C19H35O4PS/c1-4-7-15-24(16-8-5-2,17-9-6-3,23-25(20,21)22)18-19-13-11-10-12-14-19/h10-14H,4-9,15-18H2,1-3H3,(H,20,21,22). The van der Waals surface area contributed by atoms with Crippen molar-refractivity contribution in [1.29, 1.82) is 0 Å². The van der Waals surface area contributed by atoms with Gasteiger partial charge in [-0.3, -0.25) is 0 Å². The molecule has 0 radical (unpaired) electrons. The van der Waals surface area contributed by atoms with Gasteiger partial charge >= 0.3 is 154 Å². The van der Waals surface area contributed by atoms with Gasteiger partial charge in [-0.2, -0.15) is 0 Å². The zero-order valence-corrected chi connectivity index (χ0v) is 17.7. The Morgan fingerprint density at radius 2 is 1.32 bits per heavy atom. The first-order chi connectivity index (χ1) is 11.8. The van der Waals surface area contributed by atoms with Crippen LogP contribution in [0, 0.1) is 0 Å². The zero-order chi connectivity index (χ0) is 18.8. The Hall–Kier alpha value is -0.480. The fourth-order valence-electron chi connectivity index (χ4n) is 3.70. The molecule has 0 saturated carbocycles. The van der Waals surface area contributed by atoms with E-state index in [1.807, 2.05) is 30.3 Å². The first kappa shape index (κ1) is 22.6. The van der Waals surface area contributed by atoms with Crippen LogP contribution in [-0.4, -0.2) is 31.5 Å². The summed E-state index contributed by atoms with van der Waals surface area (Å²) in [6, 6.07) is 10.0. The Labute approximate surface area is 154 Å². The molecule has 0 fully saturated rings. The van der Waals surface area contributed by atoms with E-state index in [-0.39, 0.29) is 0 Å². The third kappa shape index (κ3) is 7.34. The summed E-state index contributed by atoms with van der Waals surface area (Å²) in [7, 11) is -4.49. The molecular formula is C19H35O4PS. The molecule has 0 unspecified atom stereocenters. The second-order valence-corrected chi connectivity index (χ2v) is 14.1. The number of hydrogen-bond donors (Lipinski definition) is 1. The predicted octanol–water partition coefficient (Wildman–Crippen LogP) is 5.87. The Balaban J connectivity index is 3.44. The average Bonchev–Trinajstić information content (AvgIpc) is 2.56. The molecule has 1 rings (SSSR count). The van der Waals surface area contributed by atoms with E-state index in [4.69, 9.17) is 3.97 Å². The topological polar surface area (TPSA) is 63.6 Å². The van der Waals surface area contributed by atoms with Crippen molar-refractivity contribution < 1.29 is 16.9 Å². The van der Waals surface area contributed by atoms with Crippen molar-refractivity contribution in [2.24, 2.45) is 0 Å². The summed E-state index contributed by atoms with van der Waals surface area (Å²) in [6.45, 7) is 3.21. The van der Waals surface area contributed by atoms with E-state index in [0.29, 0.717) is 6.16 Å². The fourth-order valence-corrected chi connectivity index (χ4v) is 12.6. The third-order valence-electron chi connectivity index (χ3n) is 4.96. The van der Waals surface area contributed by atoms with Crippen molar-refractivity contribution in [2.75, 3.05) is 18.5 Å². The van der Waals surface area contributed by atoms with Crippen LogP contribution in [0.2, 0.25) is 0 Å². The molecule has 1 aromatic carbocycles. The van der Waals surface area contributed by atoms with Gasteiger partial charge < -0.3 is 0 Å². The van der Waals surface area contributed by atoms with E-state index in [1.54, 1.807) is 0 Å².